The van der Waals surface area contributed by atoms with Gasteiger partial charge in [-0.3, -0.25) is 9.78 Å². The third-order valence-corrected chi connectivity index (χ3v) is 6.24. The molecule has 1 atom stereocenters. The van der Waals surface area contributed by atoms with E-state index in [9.17, 15) is 22.4 Å². The fourth-order valence-electron chi connectivity index (χ4n) is 3.57. The van der Waals surface area contributed by atoms with Crippen molar-refractivity contribution in [3.8, 4) is 0 Å². The van der Waals surface area contributed by atoms with Crippen molar-refractivity contribution >= 4 is 34.4 Å². The molecule has 176 valence electrons. The Kier molecular flexibility index (Phi) is 6.87. The highest BCUT2D eigenvalue weighted by atomic mass is 32.2. The topological polar surface area (TPSA) is 59.8 Å². The number of alkyl halides is 3. The quantitative estimate of drug-likeness (QED) is 0.239. The molecule has 0 radical (unpaired) electrons. The van der Waals surface area contributed by atoms with Gasteiger partial charge in [-0.15, -0.1) is 0 Å². The summed E-state index contributed by atoms with van der Waals surface area (Å²) in [5.74, 6) is -0.773. The molecule has 0 aliphatic carbocycles. The lowest BCUT2D eigenvalue weighted by molar-refractivity contribution is -0.137. The number of rotatable bonds is 7. The minimum Gasteiger partial charge on any atom is -0.322 e. The zero-order valence-corrected chi connectivity index (χ0v) is 18.8. The van der Waals surface area contributed by atoms with Crippen LogP contribution in [-0.4, -0.2) is 20.4 Å². The summed E-state index contributed by atoms with van der Waals surface area (Å²) in [6, 6.07) is 11.9. The molecular weight excluding hydrogens is 468 g/mol. The van der Waals surface area contributed by atoms with Crippen molar-refractivity contribution < 1.29 is 22.4 Å². The molecule has 0 saturated carbocycles. The Labute approximate surface area is 197 Å². The highest BCUT2D eigenvalue weighted by Crippen LogP contribution is 2.34. The zero-order chi connectivity index (χ0) is 24.3. The highest BCUT2D eigenvalue weighted by Gasteiger charge is 2.30. The first-order chi connectivity index (χ1) is 16.3. The van der Waals surface area contributed by atoms with Gasteiger partial charge in [-0.05, 0) is 36.2 Å². The Morgan fingerprint density at radius 2 is 1.94 bits per heavy atom. The number of thioether (sulfide) groups is 1. The molecule has 2 aromatic carbocycles. The number of hydrogen-bond acceptors (Lipinski definition) is 4. The van der Waals surface area contributed by atoms with Crippen molar-refractivity contribution in [2.24, 2.45) is 0 Å². The van der Waals surface area contributed by atoms with Crippen molar-refractivity contribution in [1.82, 2.24) is 14.5 Å². The molecule has 0 bridgehead atoms. The number of pyridine rings is 1. The van der Waals surface area contributed by atoms with Crippen molar-refractivity contribution in [1.29, 1.82) is 0 Å². The Bertz CT molecular complexity index is 1320. The Morgan fingerprint density at radius 1 is 1.15 bits per heavy atom. The molecule has 4 aromatic rings. The lowest BCUT2D eigenvalue weighted by Gasteiger charge is -2.20. The smallest absolute Gasteiger partial charge is 0.322 e. The van der Waals surface area contributed by atoms with E-state index in [4.69, 9.17) is 0 Å². The third kappa shape index (κ3) is 5.06. The predicted molar refractivity (Wildman–Crippen MR) is 123 cm³/mol. The summed E-state index contributed by atoms with van der Waals surface area (Å²) in [5.41, 5.74) is 1.01. The molecular formula is C24H20F4N4OS. The average Bonchev–Trinajstić information content (AvgIpc) is 3.18. The van der Waals surface area contributed by atoms with Crippen LogP contribution < -0.4 is 5.32 Å². The third-order valence-electron chi connectivity index (χ3n) is 5.21. The molecule has 2 aromatic heterocycles. The second kappa shape index (κ2) is 9.84. The van der Waals surface area contributed by atoms with Crippen LogP contribution in [0.3, 0.4) is 0 Å². The first-order valence-electron chi connectivity index (χ1n) is 10.4. The van der Waals surface area contributed by atoms with Crippen molar-refractivity contribution in [3.63, 3.8) is 0 Å². The highest BCUT2D eigenvalue weighted by molar-refractivity contribution is 7.98. The average molecular weight is 489 g/mol. The van der Waals surface area contributed by atoms with Crippen LogP contribution in [0.25, 0.3) is 11.0 Å². The maximum atomic E-state index is 14.1. The second-order valence-electron chi connectivity index (χ2n) is 7.51. The van der Waals surface area contributed by atoms with E-state index < -0.39 is 29.5 Å². The van der Waals surface area contributed by atoms with Gasteiger partial charge in [0, 0.05) is 11.9 Å². The molecule has 5 nitrogen and oxygen atoms in total. The molecule has 0 aliphatic heterocycles. The SMILES string of the molecule is CCC(C(=O)Nc1ccccc1F)n1c(SCc2cccc(C(F)(F)F)c2)nc2ccncc21. The molecule has 0 aliphatic rings. The van der Waals surface area contributed by atoms with Gasteiger partial charge >= 0.3 is 6.18 Å². The van der Waals surface area contributed by atoms with Gasteiger partial charge in [0.2, 0.25) is 5.91 Å². The molecule has 10 heteroatoms. The minimum atomic E-state index is -4.43. The summed E-state index contributed by atoms with van der Waals surface area (Å²) in [7, 11) is 0. The first-order valence-corrected chi connectivity index (χ1v) is 11.4. The van der Waals surface area contributed by atoms with Gasteiger partial charge in [-0.25, -0.2) is 9.37 Å². The van der Waals surface area contributed by atoms with E-state index >= 15 is 0 Å². The van der Waals surface area contributed by atoms with Crippen LogP contribution in [0, 0.1) is 5.82 Å². The molecule has 0 spiro atoms. The first kappa shape index (κ1) is 23.7. The van der Waals surface area contributed by atoms with Gasteiger partial charge in [0.05, 0.1) is 28.5 Å². The monoisotopic (exact) mass is 488 g/mol. The summed E-state index contributed by atoms with van der Waals surface area (Å²) < 4.78 is 55.0. The fourth-order valence-corrected chi connectivity index (χ4v) is 4.57. The number of para-hydroxylation sites is 1. The van der Waals surface area contributed by atoms with Gasteiger partial charge in [-0.1, -0.05) is 49.0 Å². The Balaban J connectivity index is 1.66. The van der Waals surface area contributed by atoms with Gasteiger partial charge in [0.25, 0.3) is 0 Å². The summed E-state index contributed by atoms with van der Waals surface area (Å²) in [4.78, 5) is 21.9. The van der Waals surface area contributed by atoms with E-state index in [0.717, 1.165) is 12.1 Å². The predicted octanol–water partition coefficient (Wildman–Crippen LogP) is 6.47. The van der Waals surface area contributed by atoms with Crippen LogP contribution in [0.15, 0.2) is 72.1 Å². The van der Waals surface area contributed by atoms with Crippen LogP contribution in [-0.2, 0) is 16.7 Å². The van der Waals surface area contributed by atoms with E-state index in [-0.39, 0.29) is 11.4 Å². The lowest BCUT2D eigenvalue weighted by Crippen LogP contribution is -2.26. The number of amides is 1. The number of halogens is 4. The number of carbonyl (C=O) groups excluding carboxylic acids is 1. The number of nitrogens with zero attached hydrogens (tertiary/aromatic N) is 3. The fraction of sp³-hybridized carbons (Fsp3) is 0.208. The Morgan fingerprint density at radius 3 is 2.68 bits per heavy atom. The number of hydrogen-bond donors (Lipinski definition) is 1. The number of imidazole rings is 1. The molecule has 0 fully saturated rings. The Hall–Kier alpha value is -3.40. The van der Waals surface area contributed by atoms with E-state index in [2.05, 4.69) is 15.3 Å². The molecule has 4 rings (SSSR count). The van der Waals surface area contributed by atoms with Crippen LogP contribution in [0.2, 0.25) is 0 Å². The van der Waals surface area contributed by atoms with E-state index in [1.165, 1.54) is 36.0 Å². The van der Waals surface area contributed by atoms with Crippen LogP contribution in [0.1, 0.15) is 30.5 Å². The summed E-state index contributed by atoms with van der Waals surface area (Å²) in [6.45, 7) is 1.81. The molecule has 1 amide bonds. The zero-order valence-electron chi connectivity index (χ0n) is 18.0. The van der Waals surface area contributed by atoms with E-state index in [1.54, 1.807) is 35.2 Å². The molecule has 1 unspecified atom stereocenters. The number of anilines is 1. The summed E-state index contributed by atoms with van der Waals surface area (Å²) >= 11 is 1.22. The van der Waals surface area contributed by atoms with Gasteiger partial charge in [0.1, 0.15) is 11.9 Å². The molecule has 1 N–H and O–H groups in total. The number of carbonyl (C=O) groups is 1. The number of fused-ring (bicyclic) bond motifs is 1. The number of nitrogens with one attached hydrogen (secondary N) is 1. The number of benzene rings is 2. The maximum absolute atomic E-state index is 14.1. The number of aromatic nitrogens is 3. The maximum Gasteiger partial charge on any atom is 0.416 e. The van der Waals surface area contributed by atoms with Crippen molar-refractivity contribution in [2.75, 3.05) is 5.32 Å². The van der Waals surface area contributed by atoms with Gasteiger partial charge in [0.15, 0.2) is 5.16 Å². The summed E-state index contributed by atoms with van der Waals surface area (Å²) in [6.07, 6.45) is -0.910. The van der Waals surface area contributed by atoms with Crippen molar-refractivity contribution in [3.05, 3.63) is 83.9 Å². The largest absolute Gasteiger partial charge is 0.416 e. The molecule has 0 saturated heterocycles. The van der Waals surface area contributed by atoms with Gasteiger partial charge < -0.3 is 9.88 Å². The van der Waals surface area contributed by atoms with Crippen LogP contribution in [0.5, 0.6) is 0 Å². The second-order valence-corrected chi connectivity index (χ2v) is 8.45. The normalized spacial score (nSPS) is 12.6. The van der Waals surface area contributed by atoms with Crippen molar-refractivity contribution in [2.45, 2.75) is 36.5 Å². The molecule has 34 heavy (non-hydrogen) atoms. The van der Waals surface area contributed by atoms with Crippen LogP contribution in [0.4, 0.5) is 23.2 Å². The minimum absolute atomic E-state index is 0.0617. The standard InChI is InChI=1S/C24H20F4N4OS/c1-2-20(22(33)30-18-9-4-3-8-17(18)25)32-21-13-29-11-10-19(21)31-23(32)34-14-15-6-5-7-16(12-15)24(26,27)28/h3-13,20H,2,14H2,1H3,(H,30,33). The van der Waals surface area contributed by atoms with Crippen LogP contribution >= 0.6 is 11.8 Å². The molecule has 2 heterocycles. The van der Waals surface area contributed by atoms with E-state index in [0.29, 0.717) is 28.2 Å². The van der Waals surface area contributed by atoms with Gasteiger partial charge in [-0.2, -0.15) is 13.2 Å². The lowest BCUT2D eigenvalue weighted by atomic mass is 10.1. The summed E-state index contributed by atoms with van der Waals surface area (Å²) in [5, 5.41) is 3.08. The van der Waals surface area contributed by atoms with E-state index in [1.807, 2.05) is 6.92 Å².